The van der Waals surface area contributed by atoms with Crippen molar-refractivity contribution >= 4 is 23.2 Å². The molecule has 1 aromatic rings. The molecule has 0 aliphatic heterocycles. The molecule has 0 aromatic heterocycles. The van der Waals surface area contributed by atoms with Gasteiger partial charge in [-0.3, -0.25) is 0 Å². The number of rotatable bonds is 3. The monoisotopic (exact) mass is 229 g/mol. The van der Waals surface area contributed by atoms with Gasteiger partial charge in [0.05, 0.1) is 7.11 Å². The maximum atomic E-state index is 5.92. The Labute approximate surface area is 94.0 Å². The van der Waals surface area contributed by atoms with Gasteiger partial charge in [-0.2, -0.15) is 0 Å². The maximum absolute atomic E-state index is 5.92. The van der Waals surface area contributed by atoms with Crippen molar-refractivity contribution in [2.45, 2.75) is 17.2 Å². The van der Waals surface area contributed by atoms with Crippen LogP contribution >= 0.6 is 23.2 Å². The quantitative estimate of drug-likeness (QED) is 0.723. The van der Waals surface area contributed by atoms with Crippen molar-refractivity contribution in [1.29, 1.82) is 0 Å². The van der Waals surface area contributed by atoms with Gasteiger partial charge in [0.25, 0.3) is 0 Å². The van der Waals surface area contributed by atoms with Crippen LogP contribution in [0.1, 0.15) is 12.0 Å². The van der Waals surface area contributed by atoms with Crippen LogP contribution in [0.2, 0.25) is 0 Å². The maximum Gasteiger partial charge on any atom is 0.125 e. The molecule has 1 fully saturated rings. The van der Waals surface area contributed by atoms with Crippen LogP contribution in [0.15, 0.2) is 24.3 Å². The molecule has 1 saturated carbocycles. The highest BCUT2D eigenvalue weighted by molar-refractivity contribution is 6.53. The summed E-state index contributed by atoms with van der Waals surface area (Å²) >= 11 is 11.8. The van der Waals surface area contributed by atoms with E-state index in [0.29, 0.717) is 0 Å². The molecule has 1 aromatic carbocycles. The van der Waals surface area contributed by atoms with E-state index in [4.69, 9.17) is 27.9 Å². The van der Waals surface area contributed by atoms with E-state index < -0.39 is 4.33 Å². The molecule has 0 atom stereocenters. The lowest BCUT2D eigenvalue weighted by molar-refractivity contribution is 0.414. The fraction of sp³-hybridized carbons (Fsp3) is 0.364. The van der Waals surface area contributed by atoms with E-state index in [1.165, 1.54) is 11.5 Å². The largest absolute Gasteiger partial charge is 0.497 e. The van der Waals surface area contributed by atoms with E-state index >= 15 is 0 Å². The lowest BCUT2D eigenvalue weighted by Gasteiger charge is -2.02. The Bertz CT molecular complexity index is 319. The Kier molecular flexibility index (Phi) is 2.63. The minimum absolute atomic E-state index is 0.556. The summed E-state index contributed by atoms with van der Waals surface area (Å²) < 4.78 is 4.52. The normalized spacial score (nSPS) is 19.4. The van der Waals surface area contributed by atoms with Crippen molar-refractivity contribution in [3.05, 3.63) is 35.7 Å². The molecule has 3 heteroatoms. The lowest BCUT2D eigenvalue weighted by atomic mass is 10.1. The van der Waals surface area contributed by atoms with Gasteiger partial charge in [0.2, 0.25) is 0 Å². The summed E-state index contributed by atoms with van der Waals surface area (Å²) in [7, 11) is 1.66. The van der Waals surface area contributed by atoms with Gasteiger partial charge in [-0.05, 0) is 30.5 Å². The minimum atomic E-state index is -0.556. The first-order valence-electron chi connectivity index (χ1n) is 4.48. The molecule has 1 aliphatic carbocycles. The van der Waals surface area contributed by atoms with Gasteiger partial charge < -0.3 is 4.74 Å². The van der Waals surface area contributed by atoms with E-state index in [9.17, 15) is 0 Å². The standard InChI is InChI=1S/C11H11Cl2O/c1-14-10-4-2-8(3-5-10)6-9-7-11(9,12)13/h2-5H,6-7H2,1H3. The van der Waals surface area contributed by atoms with Crippen LogP contribution in [0, 0.1) is 5.92 Å². The smallest absolute Gasteiger partial charge is 0.125 e. The molecule has 0 bridgehead atoms. The minimum Gasteiger partial charge on any atom is -0.497 e. The summed E-state index contributed by atoms with van der Waals surface area (Å²) in [6, 6.07) is 7.97. The first-order valence-corrected chi connectivity index (χ1v) is 5.23. The Balaban J connectivity index is 1.98. The molecular weight excluding hydrogens is 219 g/mol. The second kappa shape index (κ2) is 3.63. The van der Waals surface area contributed by atoms with Crippen LogP contribution < -0.4 is 4.74 Å². The molecule has 1 aliphatic rings. The topological polar surface area (TPSA) is 9.23 Å². The van der Waals surface area contributed by atoms with Crippen molar-refractivity contribution in [3.63, 3.8) is 0 Å². The summed E-state index contributed by atoms with van der Waals surface area (Å²) in [4.78, 5) is 0. The Morgan fingerprint density at radius 1 is 1.29 bits per heavy atom. The number of ether oxygens (including phenoxy) is 1. The number of halogens is 2. The number of alkyl halides is 2. The van der Waals surface area contributed by atoms with E-state index in [2.05, 4.69) is 0 Å². The molecule has 75 valence electrons. The molecule has 0 amide bonds. The predicted molar refractivity (Wildman–Crippen MR) is 59.0 cm³/mol. The highest BCUT2D eigenvalue weighted by Gasteiger charge is 2.51. The molecular formula is C11H11Cl2O. The van der Waals surface area contributed by atoms with Crippen LogP contribution in [-0.2, 0) is 6.42 Å². The van der Waals surface area contributed by atoms with Crippen LogP contribution in [0.5, 0.6) is 5.75 Å². The zero-order valence-electron chi connectivity index (χ0n) is 7.89. The first-order chi connectivity index (χ1) is 6.62. The van der Waals surface area contributed by atoms with Crippen LogP contribution in [-0.4, -0.2) is 11.4 Å². The second-order valence-corrected chi connectivity index (χ2v) is 4.99. The van der Waals surface area contributed by atoms with Gasteiger partial charge in [-0.25, -0.2) is 0 Å². The van der Waals surface area contributed by atoms with E-state index in [1.807, 2.05) is 24.3 Å². The van der Waals surface area contributed by atoms with Gasteiger partial charge in [-0.15, -0.1) is 23.2 Å². The van der Waals surface area contributed by atoms with Crippen molar-refractivity contribution in [1.82, 2.24) is 0 Å². The van der Waals surface area contributed by atoms with Crippen molar-refractivity contribution in [3.8, 4) is 5.75 Å². The van der Waals surface area contributed by atoms with Crippen LogP contribution in [0.25, 0.3) is 0 Å². The molecule has 1 nitrogen and oxygen atoms in total. The zero-order valence-corrected chi connectivity index (χ0v) is 9.40. The van der Waals surface area contributed by atoms with Crippen LogP contribution in [0.4, 0.5) is 0 Å². The molecule has 0 spiro atoms. The fourth-order valence-electron chi connectivity index (χ4n) is 1.41. The SMILES string of the molecule is COc1ccc(C[C]2CC2(Cl)Cl)cc1. The predicted octanol–water partition coefficient (Wildman–Crippen LogP) is 3.39. The Morgan fingerprint density at radius 2 is 1.86 bits per heavy atom. The molecule has 1 radical (unpaired) electrons. The van der Waals surface area contributed by atoms with E-state index in [0.717, 1.165) is 18.6 Å². The number of methoxy groups -OCH3 is 1. The number of hydrogen-bond acceptors (Lipinski definition) is 1. The molecule has 0 heterocycles. The summed E-state index contributed by atoms with van der Waals surface area (Å²) in [5, 5.41) is 0. The third-order valence-corrected chi connectivity index (χ3v) is 3.21. The third-order valence-electron chi connectivity index (χ3n) is 2.40. The van der Waals surface area contributed by atoms with Gasteiger partial charge in [-0.1, -0.05) is 12.1 Å². The highest BCUT2D eigenvalue weighted by atomic mass is 35.5. The van der Waals surface area contributed by atoms with Crippen molar-refractivity contribution in [2.75, 3.05) is 7.11 Å². The molecule has 2 rings (SSSR count). The number of hydrogen-bond donors (Lipinski definition) is 0. The number of benzene rings is 1. The van der Waals surface area contributed by atoms with Gasteiger partial charge in [0, 0.05) is 5.92 Å². The fourth-order valence-corrected chi connectivity index (χ4v) is 1.86. The van der Waals surface area contributed by atoms with Crippen molar-refractivity contribution < 1.29 is 4.74 Å². The summed E-state index contributed by atoms with van der Waals surface area (Å²) in [6.07, 6.45) is 1.69. The average molecular weight is 230 g/mol. The van der Waals surface area contributed by atoms with Gasteiger partial charge in [0.1, 0.15) is 10.1 Å². The Hall–Kier alpha value is -0.400. The average Bonchev–Trinajstić information content (AvgIpc) is 2.75. The van der Waals surface area contributed by atoms with Gasteiger partial charge in [0.15, 0.2) is 0 Å². The first kappa shape index (κ1) is 10.1. The van der Waals surface area contributed by atoms with Crippen molar-refractivity contribution in [2.24, 2.45) is 0 Å². The highest BCUT2D eigenvalue weighted by Crippen LogP contribution is 2.56. The van der Waals surface area contributed by atoms with E-state index in [1.54, 1.807) is 7.11 Å². The summed E-state index contributed by atoms with van der Waals surface area (Å²) in [5.41, 5.74) is 1.23. The van der Waals surface area contributed by atoms with E-state index in [-0.39, 0.29) is 0 Å². The molecule has 0 saturated heterocycles. The van der Waals surface area contributed by atoms with Crippen LogP contribution in [0.3, 0.4) is 0 Å². The molecule has 0 N–H and O–H groups in total. The summed E-state index contributed by atoms with van der Waals surface area (Å²) in [5.74, 6) is 2.07. The molecule has 0 unspecified atom stereocenters. The third kappa shape index (κ3) is 2.15. The summed E-state index contributed by atoms with van der Waals surface area (Å²) in [6.45, 7) is 0. The second-order valence-electron chi connectivity index (χ2n) is 3.51. The Morgan fingerprint density at radius 3 is 2.29 bits per heavy atom. The zero-order chi connectivity index (χ0) is 10.2. The van der Waals surface area contributed by atoms with Gasteiger partial charge >= 0.3 is 0 Å². The lowest BCUT2D eigenvalue weighted by Crippen LogP contribution is -1.93. The molecule has 14 heavy (non-hydrogen) atoms.